The van der Waals surface area contributed by atoms with E-state index in [1.54, 1.807) is 11.6 Å². The minimum Gasteiger partial charge on any atom is -0.368 e. The summed E-state index contributed by atoms with van der Waals surface area (Å²) in [4.78, 5) is 34.2. The highest BCUT2D eigenvalue weighted by atomic mass is 19.1. The van der Waals surface area contributed by atoms with Crippen LogP contribution in [0.15, 0.2) is 73.1 Å². The SMILES string of the molecule is [2H]C1([2H])N(c2ccc(CC(=O)C(=O)c3c(-c4ccccc4)cc(C)n3C)cc2)C([2H])([2H])C([2H])([2H])N(c2ncc(F)cn2)C1([2H])[2H]. The normalized spacial score (nSPS) is 22.2. The molecule has 2 aromatic heterocycles. The summed E-state index contributed by atoms with van der Waals surface area (Å²) < 4.78 is 83.9. The number of aryl methyl sites for hydroxylation is 1. The van der Waals surface area contributed by atoms with E-state index in [9.17, 15) is 14.0 Å². The topological polar surface area (TPSA) is 71.3 Å². The second kappa shape index (κ2) is 10.3. The van der Waals surface area contributed by atoms with Gasteiger partial charge in [0.05, 0.1) is 23.4 Å². The molecule has 7 nitrogen and oxygen atoms in total. The van der Waals surface area contributed by atoms with E-state index in [4.69, 9.17) is 11.0 Å². The first kappa shape index (κ1) is 16.4. The Kier molecular flexibility index (Phi) is 4.59. The van der Waals surface area contributed by atoms with Gasteiger partial charge >= 0.3 is 0 Å². The van der Waals surface area contributed by atoms with Crippen LogP contribution in [0.3, 0.4) is 0 Å². The lowest BCUT2D eigenvalue weighted by atomic mass is 9.99. The number of ketones is 2. The molecule has 1 fully saturated rings. The minimum atomic E-state index is -3.27. The summed E-state index contributed by atoms with van der Waals surface area (Å²) >= 11 is 0. The number of halogens is 1. The molecule has 0 radical (unpaired) electrons. The second-order valence-electron chi connectivity index (χ2n) is 8.39. The zero-order chi connectivity index (χ0) is 33.1. The Bertz CT molecular complexity index is 1740. The fraction of sp³-hybridized carbons (Fsp3) is 0.241. The highest BCUT2D eigenvalue weighted by Gasteiger charge is 2.25. The number of hydrogen-bond donors (Lipinski definition) is 0. The first-order valence-corrected chi connectivity index (χ1v) is 11.4. The number of rotatable bonds is 7. The maximum Gasteiger partial charge on any atom is 0.245 e. The van der Waals surface area contributed by atoms with E-state index in [1.807, 2.05) is 43.3 Å². The van der Waals surface area contributed by atoms with Crippen molar-refractivity contribution in [3.63, 3.8) is 0 Å². The molecule has 8 heteroatoms. The lowest BCUT2D eigenvalue weighted by molar-refractivity contribution is -0.114. The number of piperazine rings is 1. The highest BCUT2D eigenvalue weighted by molar-refractivity contribution is 6.44. The standard InChI is InChI=1S/C29H28FN5O2/c1-20-16-25(22-6-4-3-5-7-22)27(33(20)2)28(37)26(36)17-21-8-10-24(11-9-21)34-12-14-35(15-13-34)29-31-18-23(30)19-32-29/h3-11,16,18-19H,12-15,17H2,1-2H3/i12D2,13D2,14D2,15D2. The van der Waals surface area contributed by atoms with Crippen LogP contribution in [0.4, 0.5) is 16.0 Å². The molecule has 0 amide bonds. The van der Waals surface area contributed by atoms with Gasteiger partial charge < -0.3 is 14.4 Å². The van der Waals surface area contributed by atoms with Gasteiger partial charge in [0.1, 0.15) is 5.69 Å². The Morgan fingerprint density at radius 1 is 0.946 bits per heavy atom. The van der Waals surface area contributed by atoms with Crippen LogP contribution >= 0.6 is 0 Å². The maximum atomic E-state index is 13.4. The van der Waals surface area contributed by atoms with Crippen molar-refractivity contribution in [2.45, 2.75) is 13.3 Å². The van der Waals surface area contributed by atoms with E-state index >= 15 is 0 Å². The molecule has 0 spiro atoms. The fourth-order valence-electron chi connectivity index (χ4n) is 3.91. The molecule has 3 heterocycles. The Balaban J connectivity index is 1.44. The fourth-order valence-corrected chi connectivity index (χ4v) is 3.91. The number of hydrogen-bond acceptors (Lipinski definition) is 6. The van der Waals surface area contributed by atoms with E-state index in [2.05, 4.69) is 9.97 Å². The van der Waals surface area contributed by atoms with E-state index in [1.165, 1.54) is 24.3 Å². The molecule has 5 rings (SSSR count). The van der Waals surface area contributed by atoms with Crippen molar-refractivity contribution in [2.75, 3.05) is 35.8 Å². The van der Waals surface area contributed by atoms with E-state index < -0.39 is 49.3 Å². The first-order chi connectivity index (χ1) is 20.9. The number of carbonyl (C=O) groups is 2. The maximum absolute atomic E-state index is 13.4. The second-order valence-corrected chi connectivity index (χ2v) is 8.39. The third kappa shape index (κ3) is 5.14. The Hall–Kier alpha value is -4.33. The summed E-state index contributed by atoms with van der Waals surface area (Å²) in [6.45, 7) is -11.2. The van der Waals surface area contributed by atoms with Gasteiger partial charge in [-0.2, -0.15) is 0 Å². The number of anilines is 2. The molecule has 0 atom stereocenters. The van der Waals surface area contributed by atoms with Crippen molar-refractivity contribution >= 4 is 23.2 Å². The van der Waals surface area contributed by atoms with E-state index in [-0.39, 0.29) is 22.7 Å². The van der Waals surface area contributed by atoms with Gasteiger partial charge in [-0.1, -0.05) is 42.5 Å². The quantitative estimate of drug-likeness (QED) is 0.276. The van der Waals surface area contributed by atoms with Gasteiger partial charge in [0.2, 0.25) is 17.5 Å². The van der Waals surface area contributed by atoms with Gasteiger partial charge in [0, 0.05) is 56.4 Å². The predicted molar refractivity (Wildman–Crippen MR) is 141 cm³/mol. The van der Waals surface area contributed by atoms with E-state index in [0.29, 0.717) is 28.4 Å². The van der Waals surface area contributed by atoms with Gasteiger partial charge in [0.25, 0.3) is 0 Å². The van der Waals surface area contributed by atoms with Crippen LogP contribution in [0.5, 0.6) is 0 Å². The highest BCUT2D eigenvalue weighted by Crippen LogP contribution is 2.28. The Morgan fingerprint density at radius 2 is 1.57 bits per heavy atom. The number of Topliss-reactive ketones (excluding diaryl/α,β-unsaturated/α-hetero) is 2. The third-order valence-electron chi connectivity index (χ3n) is 5.94. The molecule has 0 saturated carbocycles. The molecule has 188 valence electrons. The summed E-state index contributed by atoms with van der Waals surface area (Å²) in [6, 6.07) is 16.2. The van der Waals surface area contributed by atoms with Crippen molar-refractivity contribution in [1.29, 1.82) is 0 Å². The summed E-state index contributed by atoms with van der Waals surface area (Å²) in [5.74, 6) is -3.07. The summed E-state index contributed by atoms with van der Waals surface area (Å²) in [5, 5.41) is 0. The molecule has 4 aromatic rings. The average Bonchev–Trinajstić information content (AvgIpc) is 3.27. The number of nitrogens with zero attached hydrogens (tertiary/aromatic N) is 5. The van der Waals surface area contributed by atoms with Crippen LogP contribution in [-0.4, -0.2) is 52.1 Å². The minimum absolute atomic E-state index is 0.129. The zero-order valence-electron chi connectivity index (χ0n) is 28.1. The summed E-state index contributed by atoms with van der Waals surface area (Å²) in [7, 11) is 1.69. The zero-order valence-corrected chi connectivity index (χ0v) is 20.1. The van der Waals surface area contributed by atoms with Gasteiger partial charge in [0.15, 0.2) is 5.82 Å². The molecule has 0 N–H and O–H groups in total. The van der Waals surface area contributed by atoms with Crippen molar-refractivity contribution < 1.29 is 24.9 Å². The number of carbonyl (C=O) groups excluding carboxylic acids is 2. The lowest BCUT2D eigenvalue weighted by Gasteiger charge is -2.36. The van der Waals surface area contributed by atoms with Gasteiger partial charge in [-0.3, -0.25) is 9.59 Å². The molecule has 0 unspecified atom stereocenters. The van der Waals surface area contributed by atoms with Crippen LogP contribution in [0.1, 0.15) is 32.7 Å². The predicted octanol–water partition coefficient (Wildman–Crippen LogP) is 4.25. The van der Waals surface area contributed by atoms with Crippen molar-refractivity contribution in [3.05, 3.63) is 95.8 Å². The van der Waals surface area contributed by atoms with Gasteiger partial charge in [-0.15, -0.1) is 0 Å². The lowest BCUT2D eigenvalue weighted by Crippen LogP contribution is -2.47. The molecule has 1 aliphatic heterocycles. The molecule has 37 heavy (non-hydrogen) atoms. The van der Waals surface area contributed by atoms with E-state index in [0.717, 1.165) is 11.3 Å². The average molecular weight is 506 g/mol. The Labute approximate surface area is 226 Å². The molecular weight excluding hydrogens is 469 g/mol. The number of benzene rings is 2. The third-order valence-corrected chi connectivity index (χ3v) is 5.94. The van der Waals surface area contributed by atoms with Crippen molar-refractivity contribution in [3.8, 4) is 11.1 Å². The van der Waals surface area contributed by atoms with Crippen LogP contribution in [0, 0.1) is 12.7 Å². The molecule has 1 saturated heterocycles. The van der Waals surface area contributed by atoms with Crippen LogP contribution < -0.4 is 9.80 Å². The molecule has 0 bridgehead atoms. The van der Waals surface area contributed by atoms with Gasteiger partial charge in [-0.05, 0) is 36.2 Å². The molecule has 0 aliphatic carbocycles. The van der Waals surface area contributed by atoms with Crippen LogP contribution in [0.2, 0.25) is 0 Å². The Morgan fingerprint density at radius 3 is 2.22 bits per heavy atom. The number of aromatic nitrogens is 3. The van der Waals surface area contributed by atoms with Crippen LogP contribution in [-0.2, 0) is 18.3 Å². The van der Waals surface area contributed by atoms with Crippen molar-refractivity contribution in [2.24, 2.45) is 7.05 Å². The van der Waals surface area contributed by atoms with Gasteiger partial charge in [-0.25, -0.2) is 14.4 Å². The summed E-state index contributed by atoms with van der Waals surface area (Å²) in [6.07, 6.45) is 0.950. The van der Waals surface area contributed by atoms with Crippen LogP contribution in [0.25, 0.3) is 11.1 Å². The monoisotopic (exact) mass is 505 g/mol. The smallest absolute Gasteiger partial charge is 0.245 e. The molecule has 2 aromatic carbocycles. The molecule has 1 aliphatic rings. The summed E-state index contributed by atoms with van der Waals surface area (Å²) in [5.41, 5.74) is 2.51. The van der Waals surface area contributed by atoms with Crippen molar-refractivity contribution in [1.82, 2.24) is 14.5 Å². The first-order valence-electron chi connectivity index (χ1n) is 15.4. The largest absolute Gasteiger partial charge is 0.368 e. The molecular formula is C29H28FN5O2.